The molecule has 0 saturated carbocycles. The van der Waals surface area contributed by atoms with Crippen molar-refractivity contribution < 1.29 is 9.69 Å². The highest BCUT2D eigenvalue weighted by Crippen LogP contribution is 2.16. The number of carbonyl (C=O) groups excluding carboxylic acids is 1. The largest absolute Gasteiger partial charge is 0.383 e. The van der Waals surface area contributed by atoms with Gasteiger partial charge in [0.05, 0.1) is 24.0 Å². The normalized spacial score (nSPS) is 11.9. The average molecular weight is 491 g/mol. The molecule has 0 bridgehead atoms. The van der Waals surface area contributed by atoms with E-state index >= 15 is 0 Å². The van der Waals surface area contributed by atoms with Crippen LogP contribution in [-0.4, -0.2) is 45.6 Å². The van der Waals surface area contributed by atoms with Crippen molar-refractivity contribution in [3.8, 4) is 0 Å². The number of rotatable bonds is 8. The number of amides is 1. The molecular weight excluding hydrogens is 462 g/mol. The molecule has 0 aliphatic carbocycles. The zero-order chi connectivity index (χ0) is 25.8. The van der Waals surface area contributed by atoms with Crippen LogP contribution in [0.15, 0.2) is 69.0 Å². The Kier molecular flexibility index (Phi) is 7.11. The van der Waals surface area contributed by atoms with Gasteiger partial charge in [-0.05, 0) is 24.6 Å². The Balaban J connectivity index is 1.56. The van der Waals surface area contributed by atoms with Crippen molar-refractivity contribution in [3.63, 3.8) is 0 Å². The fourth-order valence-corrected chi connectivity index (χ4v) is 4.05. The molecule has 0 saturated heterocycles. The van der Waals surface area contributed by atoms with Gasteiger partial charge in [0.25, 0.3) is 17.0 Å². The minimum atomic E-state index is -0.740. The summed E-state index contributed by atoms with van der Waals surface area (Å²) >= 11 is 0. The summed E-state index contributed by atoms with van der Waals surface area (Å²) in [7, 11) is 1.45. The molecule has 1 amide bonds. The van der Waals surface area contributed by atoms with Gasteiger partial charge in [-0.3, -0.25) is 23.9 Å². The first-order valence-corrected chi connectivity index (χ1v) is 11.5. The van der Waals surface area contributed by atoms with Crippen LogP contribution >= 0.6 is 0 Å². The van der Waals surface area contributed by atoms with E-state index in [4.69, 9.17) is 5.73 Å². The molecule has 5 N–H and O–H groups in total. The summed E-state index contributed by atoms with van der Waals surface area (Å²) in [4.78, 5) is 62.1. The smallest absolute Gasteiger partial charge is 0.330 e. The number of para-hydroxylation sites is 1. The fraction of sp³-hybridized carbons (Fsp3) is 0.240. The number of carbonyl (C=O) groups is 1. The third-order valence-electron chi connectivity index (χ3n) is 6.09. The highest BCUT2D eigenvalue weighted by atomic mass is 16.2. The molecule has 4 rings (SSSR count). The Labute approximate surface area is 205 Å². The molecule has 186 valence electrons. The second-order valence-electron chi connectivity index (χ2n) is 8.50. The molecule has 0 aliphatic rings. The van der Waals surface area contributed by atoms with Gasteiger partial charge in [0, 0.05) is 7.05 Å². The summed E-state index contributed by atoms with van der Waals surface area (Å²) in [5.74, 6) is -0.0149. The minimum Gasteiger partial charge on any atom is -0.383 e. The summed E-state index contributed by atoms with van der Waals surface area (Å²) in [5.41, 5.74) is 5.89. The van der Waals surface area contributed by atoms with Crippen LogP contribution in [0.3, 0.4) is 0 Å². The molecule has 11 nitrogen and oxygen atoms in total. The number of quaternary nitrogens is 1. The maximum Gasteiger partial charge on any atom is 0.330 e. The van der Waals surface area contributed by atoms with Crippen LogP contribution in [0.5, 0.6) is 0 Å². The number of benzene rings is 2. The zero-order valence-electron chi connectivity index (χ0n) is 20.1. The topological polar surface area (TPSA) is 151 Å². The van der Waals surface area contributed by atoms with E-state index in [1.54, 1.807) is 24.3 Å². The molecule has 1 atom stereocenters. The van der Waals surface area contributed by atoms with Gasteiger partial charge >= 0.3 is 5.69 Å². The lowest BCUT2D eigenvalue weighted by Crippen LogP contribution is -3.11. The van der Waals surface area contributed by atoms with Crippen molar-refractivity contribution in [2.24, 2.45) is 0 Å². The average Bonchev–Trinajstić information content (AvgIpc) is 2.86. The number of nitrogens with zero attached hydrogens (tertiary/aromatic N) is 3. The molecule has 0 fully saturated rings. The monoisotopic (exact) mass is 490 g/mol. The number of H-pyrrole nitrogens is 2. The maximum atomic E-state index is 13.2. The lowest BCUT2D eigenvalue weighted by molar-refractivity contribution is -0.904. The predicted molar refractivity (Wildman–Crippen MR) is 137 cm³/mol. The first-order chi connectivity index (χ1) is 17.3. The number of fused-ring (bicyclic) bond motifs is 1. The van der Waals surface area contributed by atoms with E-state index in [9.17, 15) is 19.2 Å². The van der Waals surface area contributed by atoms with Gasteiger partial charge in [0.2, 0.25) is 0 Å². The van der Waals surface area contributed by atoms with Crippen LogP contribution in [0, 0.1) is 0 Å². The Morgan fingerprint density at radius 2 is 1.72 bits per heavy atom. The summed E-state index contributed by atoms with van der Waals surface area (Å²) in [6.07, 6.45) is 0. The van der Waals surface area contributed by atoms with Crippen LogP contribution in [0.1, 0.15) is 18.3 Å². The van der Waals surface area contributed by atoms with E-state index in [0.29, 0.717) is 29.8 Å². The molecule has 36 heavy (non-hydrogen) atoms. The van der Waals surface area contributed by atoms with Gasteiger partial charge < -0.3 is 20.5 Å². The van der Waals surface area contributed by atoms with Gasteiger partial charge in [-0.2, -0.15) is 0 Å². The minimum absolute atomic E-state index is 0.0141. The SMILES string of the molecule is CC[NH+](CC(=O)N(C)c1c(N)n(Cc2ccccc2)c(=O)[nH]c1=O)Cc1nc2ccccc2c(=O)[nH]1. The highest BCUT2D eigenvalue weighted by Gasteiger charge is 2.24. The van der Waals surface area contributed by atoms with Crippen LogP contribution < -0.4 is 32.3 Å². The number of likely N-dealkylation sites (N-methyl/N-ethyl adjacent to an activating group) is 2. The van der Waals surface area contributed by atoms with Crippen molar-refractivity contribution in [3.05, 3.63) is 97.2 Å². The van der Waals surface area contributed by atoms with Gasteiger partial charge in [0.1, 0.15) is 12.4 Å². The number of hydrogen-bond donors (Lipinski definition) is 4. The molecule has 1 unspecified atom stereocenters. The maximum absolute atomic E-state index is 13.2. The quantitative estimate of drug-likeness (QED) is 0.261. The molecule has 2 aromatic carbocycles. The van der Waals surface area contributed by atoms with E-state index in [1.165, 1.54) is 16.5 Å². The van der Waals surface area contributed by atoms with E-state index in [2.05, 4.69) is 15.0 Å². The van der Waals surface area contributed by atoms with Crippen LogP contribution in [0.25, 0.3) is 10.9 Å². The molecule has 0 aliphatic heterocycles. The lowest BCUT2D eigenvalue weighted by atomic mass is 10.2. The lowest BCUT2D eigenvalue weighted by Gasteiger charge is -2.23. The van der Waals surface area contributed by atoms with Crippen LogP contribution in [0.4, 0.5) is 11.5 Å². The summed E-state index contributed by atoms with van der Waals surface area (Å²) in [5, 5.41) is 0.496. The molecule has 2 aromatic heterocycles. The second kappa shape index (κ2) is 10.4. The van der Waals surface area contributed by atoms with Crippen molar-refractivity contribution in [1.29, 1.82) is 0 Å². The van der Waals surface area contributed by atoms with E-state index in [1.807, 2.05) is 37.3 Å². The van der Waals surface area contributed by atoms with E-state index in [0.717, 1.165) is 10.5 Å². The third-order valence-corrected chi connectivity index (χ3v) is 6.09. The Morgan fingerprint density at radius 1 is 1.03 bits per heavy atom. The zero-order valence-corrected chi connectivity index (χ0v) is 20.1. The van der Waals surface area contributed by atoms with E-state index in [-0.39, 0.29) is 36.1 Å². The molecule has 0 spiro atoms. The van der Waals surface area contributed by atoms with Gasteiger partial charge in [-0.25, -0.2) is 9.78 Å². The number of aromatic amines is 2. The molecule has 0 radical (unpaired) electrons. The van der Waals surface area contributed by atoms with Crippen molar-refractivity contribution in [1.82, 2.24) is 19.5 Å². The molecule has 2 heterocycles. The molecular formula is C25H28N7O4+. The van der Waals surface area contributed by atoms with Crippen molar-refractivity contribution in [2.45, 2.75) is 20.0 Å². The van der Waals surface area contributed by atoms with E-state index < -0.39 is 11.2 Å². The number of hydrogen-bond acceptors (Lipinski definition) is 6. The number of aromatic nitrogens is 4. The molecule has 11 heteroatoms. The first-order valence-electron chi connectivity index (χ1n) is 11.5. The third kappa shape index (κ3) is 5.10. The summed E-state index contributed by atoms with van der Waals surface area (Å²) < 4.78 is 1.23. The highest BCUT2D eigenvalue weighted by molar-refractivity contribution is 5.95. The molecule has 4 aromatic rings. The van der Waals surface area contributed by atoms with Crippen LogP contribution in [0.2, 0.25) is 0 Å². The van der Waals surface area contributed by atoms with Gasteiger partial charge in [-0.15, -0.1) is 0 Å². The van der Waals surface area contributed by atoms with Gasteiger partial charge in [-0.1, -0.05) is 42.5 Å². The Bertz CT molecular complexity index is 1570. The summed E-state index contributed by atoms with van der Waals surface area (Å²) in [6, 6.07) is 16.2. The number of nitrogens with two attached hydrogens (primary N) is 1. The van der Waals surface area contributed by atoms with Crippen molar-refractivity contribution in [2.75, 3.05) is 30.8 Å². The first kappa shape index (κ1) is 24.6. The van der Waals surface area contributed by atoms with Gasteiger partial charge in [0.15, 0.2) is 18.1 Å². The second-order valence-corrected chi connectivity index (χ2v) is 8.50. The number of anilines is 2. The Hall–Kier alpha value is -4.51. The number of nitrogen functional groups attached to an aromatic ring is 1. The number of nitrogens with one attached hydrogen (secondary N) is 3. The fourth-order valence-electron chi connectivity index (χ4n) is 4.05. The predicted octanol–water partition coefficient (Wildman–Crippen LogP) is -0.529. The summed E-state index contributed by atoms with van der Waals surface area (Å²) in [6.45, 7) is 2.93. The van der Waals surface area contributed by atoms with Crippen LogP contribution in [-0.2, 0) is 17.9 Å². The Morgan fingerprint density at radius 3 is 2.44 bits per heavy atom. The standard InChI is InChI=1S/C25H27N7O4/c1-3-31(14-19-27-18-12-8-7-11-17(18)23(34)28-19)15-20(33)30(2)21-22(26)32(25(36)29-24(21)35)13-16-9-5-4-6-10-16/h4-12H,3,13-15,26H2,1-2H3,(H,27,28,34)(H,29,35,36)/p+1. The van der Waals surface area contributed by atoms with Crippen molar-refractivity contribution >= 4 is 28.3 Å².